The second kappa shape index (κ2) is 6.72. The zero-order chi connectivity index (χ0) is 18.0. The van der Waals surface area contributed by atoms with E-state index >= 15 is 0 Å². The van der Waals surface area contributed by atoms with Crippen molar-refractivity contribution in [1.82, 2.24) is 10.6 Å². The molecular weight excluding hydrogens is 328 g/mol. The lowest BCUT2D eigenvalue weighted by atomic mass is 9.95. The quantitative estimate of drug-likeness (QED) is 0.801. The maximum Gasteiger partial charge on any atom is 0.319 e. The molecule has 2 aromatic rings. The van der Waals surface area contributed by atoms with Crippen LogP contribution in [-0.4, -0.2) is 11.9 Å². The molecule has 0 unspecified atom stereocenters. The maximum absolute atomic E-state index is 13.8. The van der Waals surface area contributed by atoms with Crippen molar-refractivity contribution in [3.05, 3.63) is 77.0 Å². The molecule has 7 heteroatoms. The molecule has 2 aromatic carbocycles. The van der Waals surface area contributed by atoms with Gasteiger partial charge in [-0.2, -0.15) is 0 Å². The van der Waals surface area contributed by atoms with Crippen molar-refractivity contribution in [2.75, 3.05) is 5.32 Å². The number of hydrogen-bond acceptors (Lipinski definition) is 2. The van der Waals surface area contributed by atoms with Crippen LogP contribution in [-0.2, 0) is 4.79 Å². The van der Waals surface area contributed by atoms with Crippen LogP contribution in [0, 0.1) is 11.6 Å². The predicted octanol–water partition coefficient (Wildman–Crippen LogP) is 3.23. The van der Waals surface area contributed by atoms with Crippen molar-refractivity contribution in [1.29, 1.82) is 0 Å². The minimum Gasteiger partial charge on any atom is -0.327 e. The predicted molar refractivity (Wildman–Crippen MR) is 88.5 cm³/mol. The number of allylic oxidation sites excluding steroid dienone is 1. The van der Waals surface area contributed by atoms with E-state index in [1.165, 1.54) is 0 Å². The third kappa shape index (κ3) is 3.50. The van der Waals surface area contributed by atoms with Gasteiger partial charge in [-0.05, 0) is 24.6 Å². The van der Waals surface area contributed by atoms with Gasteiger partial charge >= 0.3 is 6.03 Å². The van der Waals surface area contributed by atoms with E-state index in [-0.39, 0.29) is 11.3 Å². The fourth-order valence-electron chi connectivity index (χ4n) is 2.67. The molecule has 1 heterocycles. The van der Waals surface area contributed by atoms with Crippen LogP contribution in [0.3, 0.4) is 0 Å². The second-order valence-electron chi connectivity index (χ2n) is 5.56. The van der Waals surface area contributed by atoms with E-state index in [0.29, 0.717) is 17.3 Å². The molecule has 0 radical (unpaired) electrons. The van der Waals surface area contributed by atoms with Crippen molar-refractivity contribution >= 4 is 17.6 Å². The van der Waals surface area contributed by atoms with E-state index in [1.807, 2.05) is 6.07 Å². The number of rotatable bonds is 3. The van der Waals surface area contributed by atoms with E-state index in [9.17, 15) is 18.4 Å². The number of carbonyl (C=O) groups is 2. The number of hydrogen-bond donors (Lipinski definition) is 3. The summed E-state index contributed by atoms with van der Waals surface area (Å²) in [6, 6.07) is 10.7. The van der Waals surface area contributed by atoms with Gasteiger partial charge in [-0.15, -0.1) is 0 Å². The molecule has 3 N–H and O–H groups in total. The molecule has 3 amide bonds. The molecule has 0 bridgehead atoms. The van der Waals surface area contributed by atoms with Gasteiger partial charge in [-0.1, -0.05) is 30.3 Å². The first-order valence-electron chi connectivity index (χ1n) is 7.55. The molecule has 1 aliphatic rings. The highest BCUT2D eigenvalue weighted by Gasteiger charge is 2.31. The first kappa shape index (κ1) is 16.6. The first-order chi connectivity index (χ1) is 12.0. The van der Waals surface area contributed by atoms with Crippen LogP contribution < -0.4 is 16.0 Å². The summed E-state index contributed by atoms with van der Waals surface area (Å²) in [5, 5.41) is 7.64. The van der Waals surface area contributed by atoms with Gasteiger partial charge in [-0.3, -0.25) is 4.79 Å². The van der Waals surface area contributed by atoms with Gasteiger partial charge in [0.05, 0.1) is 17.3 Å². The van der Waals surface area contributed by atoms with E-state index in [4.69, 9.17) is 0 Å². The van der Waals surface area contributed by atoms with Gasteiger partial charge in [0, 0.05) is 11.8 Å². The molecule has 1 atom stereocenters. The van der Waals surface area contributed by atoms with Crippen LogP contribution in [0.1, 0.15) is 18.5 Å². The molecule has 25 heavy (non-hydrogen) atoms. The fraction of sp³-hybridized carbons (Fsp3) is 0.111. The van der Waals surface area contributed by atoms with E-state index in [0.717, 1.165) is 12.1 Å². The zero-order valence-corrected chi connectivity index (χ0v) is 13.3. The first-order valence-corrected chi connectivity index (χ1v) is 7.55. The monoisotopic (exact) mass is 343 g/mol. The molecule has 0 aromatic heterocycles. The maximum atomic E-state index is 13.8. The highest BCUT2D eigenvalue weighted by molar-refractivity contribution is 6.06. The smallest absolute Gasteiger partial charge is 0.319 e. The summed E-state index contributed by atoms with van der Waals surface area (Å²) in [7, 11) is 0. The van der Waals surface area contributed by atoms with Crippen molar-refractivity contribution in [2.45, 2.75) is 13.0 Å². The summed E-state index contributed by atoms with van der Waals surface area (Å²) >= 11 is 0. The molecule has 0 saturated carbocycles. The summed E-state index contributed by atoms with van der Waals surface area (Å²) in [5.74, 6) is -2.21. The summed E-state index contributed by atoms with van der Waals surface area (Å²) in [6.45, 7) is 1.59. The molecule has 128 valence electrons. The summed E-state index contributed by atoms with van der Waals surface area (Å²) in [6.07, 6.45) is 0. The van der Waals surface area contributed by atoms with Crippen LogP contribution in [0.2, 0.25) is 0 Å². The number of anilines is 1. The lowest BCUT2D eigenvalue weighted by molar-refractivity contribution is -0.113. The molecular formula is C18H15F2N3O2. The topological polar surface area (TPSA) is 70.2 Å². The van der Waals surface area contributed by atoms with Crippen LogP contribution >= 0.6 is 0 Å². The van der Waals surface area contributed by atoms with Gasteiger partial charge in [0.15, 0.2) is 0 Å². The highest BCUT2D eigenvalue weighted by atomic mass is 19.1. The minimum atomic E-state index is -0.879. The molecule has 0 spiro atoms. The van der Waals surface area contributed by atoms with Gasteiger partial charge < -0.3 is 16.0 Å². The van der Waals surface area contributed by atoms with Crippen molar-refractivity contribution in [3.8, 4) is 0 Å². The molecule has 5 nitrogen and oxygen atoms in total. The van der Waals surface area contributed by atoms with Gasteiger partial charge in [0.1, 0.15) is 11.6 Å². The minimum absolute atomic E-state index is 0.143. The average molecular weight is 343 g/mol. The Morgan fingerprint density at radius 2 is 1.84 bits per heavy atom. The SMILES string of the molecule is CC1=C(C(=O)Nc2ccc(F)cc2F)[C@@H](c2ccccc2)NC(=O)N1. The van der Waals surface area contributed by atoms with Crippen molar-refractivity contribution in [2.24, 2.45) is 0 Å². The van der Waals surface area contributed by atoms with E-state index < -0.39 is 29.6 Å². The summed E-state index contributed by atoms with van der Waals surface area (Å²) in [4.78, 5) is 24.5. The Hall–Kier alpha value is -3.22. The van der Waals surface area contributed by atoms with Crippen molar-refractivity contribution < 1.29 is 18.4 Å². The lowest BCUT2D eigenvalue weighted by Crippen LogP contribution is -2.46. The molecule has 0 saturated heterocycles. The molecule has 0 fully saturated rings. The number of carbonyl (C=O) groups excluding carboxylic acids is 2. The Labute approximate surface area is 142 Å². The number of urea groups is 1. The van der Waals surface area contributed by atoms with Gasteiger partial charge in [-0.25, -0.2) is 13.6 Å². The van der Waals surface area contributed by atoms with Gasteiger partial charge in [0.2, 0.25) is 0 Å². The third-order valence-electron chi connectivity index (χ3n) is 3.83. The van der Waals surface area contributed by atoms with Crippen LogP contribution in [0.25, 0.3) is 0 Å². The Morgan fingerprint density at radius 3 is 2.52 bits per heavy atom. The molecule has 3 rings (SSSR count). The Morgan fingerprint density at radius 1 is 1.12 bits per heavy atom. The summed E-state index contributed by atoms with van der Waals surface area (Å²) in [5.41, 5.74) is 1.17. The fourth-order valence-corrected chi connectivity index (χ4v) is 2.67. The second-order valence-corrected chi connectivity index (χ2v) is 5.56. The Balaban J connectivity index is 1.95. The number of halogens is 2. The average Bonchev–Trinajstić information content (AvgIpc) is 2.57. The highest BCUT2D eigenvalue weighted by Crippen LogP contribution is 2.28. The molecule has 1 aliphatic heterocycles. The number of amides is 3. The van der Waals surface area contributed by atoms with Crippen LogP contribution in [0.5, 0.6) is 0 Å². The van der Waals surface area contributed by atoms with E-state index in [2.05, 4.69) is 16.0 Å². The van der Waals surface area contributed by atoms with Gasteiger partial charge in [0.25, 0.3) is 5.91 Å². The van der Waals surface area contributed by atoms with Crippen molar-refractivity contribution in [3.63, 3.8) is 0 Å². The largest absolute Gasteiger partial charge is 0.327 e. The van der Waals surface area contributed by atoms with Crippen LogP contribution in [0.4, 0.5) is 19.3 Å². The third-order valence-corrected chi connectivity index (χ3v) is 3.83. The Bertz CT molecular complexity index is 866. The normalized spacial score (nSPS) is 16.9. The number of benzene rings is 2. The standard InChI is InChI=1S/C18H15F2N3O2/c1-10-15(17(24)22-14-8-7-12(19)9-13(14)20)16(23-18(25)21-10)11-5-3-2-4-6-11/h2-9,16H,1H3,(H,22,24)(H2,21,23,25)/t16-/m1/s1. The summed E-state index contributed by atoms with van der Waals surface area (Å²) < 4.78 is 26.8. The Kier molecular flexibility index (Phi) is 4.47. The number of nitrogens with one attached hydrogen (secondary N) is 3. The molecule has 0 aliphatic carbocycles. The van der Waals surface area contributed by atoms with E-state index in [1.54, 1.807) is 31.2 Å². The van der Waals surface area contributed by atoms with Crippen LogP contribution in [0.15, 0.2) is 59.8 Å². The lowest BCUT2D eigenvalue weighted by Gasteiger charge is -2.28. The zero-order valence-electron chi connectivity index (χ0n) is 13.3.